The van der Waals surface area contributed by atoms with Gasteiger partial charge in [0.1, 0.15) is 22.6 Å². The predicted octanol–water partition coefficient (Wildman–Crippen LogP) is 2.31. The number of tetrazole rings is 1. The number of thiophene rings is 1. The largest absolute Gasteiger partial charge is 0.492 e. The van der Waals surface area contributed by atoms with Gasteiger partial charge in [0.25, 0.3) is 5.56 Å². The number of carbonyl (C=O) groups excluding carboxylic acids is 1. The third-order valence-electron chi connectivity index (χ3n) is 4.50. The van der Waals surface area contributed by atoms with Crippen molar-refractivity contribution in [1.29, 1.82) is 0 Å². The Labute approximate surface area is 185 Å². The van der Waals surface area contributed by atoms with Crippen molar-refractivity contribution in [2.75, 3.05) is 17.8 Å². The Kier molecular flexibility index (Phi) is 6.00. The number of nitrogens with one attached hydrogen (secondary N) is 1. The first kappa shape index (κ1) is 21.0. The molecule has 0 fully saturated rings. The highest BCUT2D eigenvalue weighted by atomic mass is 32.2. The molecule has 0 aliphatic rings. The number of benzene rings is 1. The standard InChI is InChI=1S/C19H19N7O3S2/c1-4-29-14-8-6-5-7-13(14)26-19(21-23-24-26)30-9-15(27)22-25-10-20-17-16(18(25)28)11(2)12(3)31-17/h5-8,10H,4,9H2,1-3H3,(H,22,27). The number of carbonyl (C=O) groups is 1. The van der Waals surface area contributed by atoms with Crippen molar-refractivity contribution in [3.05, 3.63) is 51.4 Å². The van der Waals surface area contributed by atoms with Gasteiger partial charge < -0.3 is 4.74 Å². The van der Waals surface area contributed by atoms with Gasteiger partial charge in [-0.05, 0) is 48.9 Å². The molecule has 0 unspecified atom stereocenters. The summed E-state index contributed by atoms with van der Waals surface area (Å²) in [5.41, 5.74) is 3.82. The minimum absolute atomic E-state index is 0.00327. The molecule has 0 saturated carbocycles. The smallest absolute Gasteiger partial charge is 0.281 e. The molecule has 0 spiro atoms. The van der Waals surface area contributed by atoms with Crippen LogP contribution in [-0.4, -0.2) is 48.1 Å². The number of thioether (sulfide) groups is 1. The lowest BCUT2D eigenvalue weighted by Crippen LogP contribution is -2.34. The maximum atomic E-state index is 12.7. The highest BCUT2D eigenvalue weighted by Gasteiger charge is 2.16. The van der Waals surface area contributed by atoms with Gasteiger partial charge in [-0.1, -0.05) is 23.9 Å². The Morgan fingerprint density at radius 1 is 1.29 bits per heavy atom. The van der Waals surface area contributed by atoms with Crippen LogP contribution in [0.5, 0.6) is 5.75 Å². The molecule has 160 valence electrons. The number of aryl methyl sites for hydroxylation is 2. The number of ether oxygens (including phenoxy) is 1. The van der Waals surface area contributed by atoms with Crippen molar-refractivity contribution in [1.82, 2.24) is 29.9 Å². The zero-order chi connectivity index (χ0) is 22.0. The van der Waals surface area contributed by atoms with Gasteiger partial charge in [-0.25, -0.2) is 9.66 Å². The lowest BCUT2D eigenvalue weighted by Gasteiger charge is -2.10. The summed E-state index contributed by atoms with van der Waals surface area (Å²) in [6, 6.07) is 7.37. The van der Waals surface area contributed by atoms with Crippen LogP contribution in [-0.2, 0) is 4.79 Å². The van der Waals surface area contributed by atoms with Crippen LogP contribution in [0.4, 0.5) is 0 Å². The molecule has 0 atom stereocenters. The maximum Gasteiger partial charge on any atom is 0.281 e. The van der Waals surface area contributed by atoms with E-state index in [4.69, 9.17) is 4.74 Å². The monoisotopic (exact) mass is 457 g/mol. The number of para-hydroxylation sites is 2. The summed E-state index contributed by atoms with van der Waals surface area (Å²) in [5, 5.41) is 12.7. The van der Waals surface area contributed by atoms with Gasteiger partial charge in [-0.2, -0.15) is 4.68 Å². The molecule has 1 amide bonds. The zero-order valence-corrected chi connectivity index (χ0v) is 18.7. The minimum Gasteiger partial charge on any atom is -0.492 e. The summed E-state index contributed by atoms with van der Waals surface area (Å²) < 4.78 is 8.25. The number of hydrogen-bond donors (Lipinski definition) is 1. The van der Waals surface area contributed by atoms with E-state index in [0.29, 0.717) is 33.4 Å². The second kappa shape index (κ2) is 8.86. The molecule has 1 N–H and O–H groups in total. The fourth-order valence-corrected chi connectivity index (χ4v) is 4.60. The fourth-order valence-electron chi connectivity index (χ4n) is 2.94. The van der Waals surface area contributed by atoms with Crippen LogP contribution in [0, 0.1) is 13.8 Å². The first-order chi connectivity index (χ1) is 15.0. The summed E-state index contributed by atoms with van der Waals surface area (Å²) in [6.07, 6.45) is 1.32. The Morgan fingerprint density at radius 3 is 2.90 bits per heavy atom. The van der Waals surface area contributed by atoms with Gasteiger partial charge in [0.2, 0.25) is 11.1 Å². The van der Waals surface area contributed by atoms with Crippen LogP contribution in [0.3, 0.4) is 0 Å². The van der Waals surface area contributed by atoms with E-state index in [1.807, 2.05) is 45.0 Å². The van der Waals surface area contributed by atoms with Crippen molar-refractivity contribution >= 4 is 39.2 Å². The SMILES string of the molecule is CCOc1ccccc1-n1nnnc1SCC(=O)Nn1cnc2sc(C)c(C)c2c1=O. The maximum absolute atomic E-state index is 12.7. The summed E-state index contributed by atoms with van der Waals surface area (Å²) >= 11 is 2.60. The number of nitrogens with zero attached hydrogens (tertiary/aromatic N) is 6. The number of hydrogen-bond acceptors (Lipinski definition) is 9. The zero-order valence-electron chi connectivity index (χ0n) is 17.0. The highest BCUT2D eigenvalue weighted by Crippen LogP contribution is 2.26. The summed E-state index contributed by atoms with van der Waals surface area (Å²) in [6.45, 7) is 6.21. The average Bonchev–Trinajstić information content (AvgIpc) is 3.34. The number of fused-ring (bicyclic) bond motifs is 1. The number of amides is 1. The van der Waals surface area contributed by atoms with Crippen LogP contribution >= 0.6 is 23.1 Å². The molecule has 0 aliphatic carbocycles. The van der Waals surface area contributed by atoms with Crippen molar-refractivity contribution in [3.63, 3.8) is 0 Å². The average molecular weight is 458 g/mol. The number of aromatic nitrogens is 6. The Morgan fingerprint density at radius 2 is 2.10 bits per heavy atom. The highest BCUT2D eigenvalue weighted by molar-refractivity contribution is 7.99. The van der Waals surface area contributed by atoms with Gasteiger partial charge in [0.15, 0.2) is 0 Å². The van der Waals surface area contributed by atoms with Crippen LogP contribution in [0.2, 0.25) is 0 Å². The molecule has 0 aliphatic heterocycles. The van der Waals surface area contributed by atoms with Crippen LogP contribution in [0.1, 0.15) is 17.4 Å². The molecule has 1 aromatic carbocycles. The molecule has 12 heteroatoms. The van der Waals surface area contributed by atoms with E-state index in [9.17, 15) is 9.59 Å². The second-order valence-corrected chi connectivity index (χ2v) is 8.63. The topological polar surface area (TPSA) is 117 Å². The van der Waals surface area contributed by atoms with Crippen molar-refractivity contribution in [2.45, 2.75) is 25.9 Å². The van der Waals surface area contributed by atoms with Crippen LogP contribution in [0.15, 0.2) is 40.5 Å². The van der Waals surface area contributed by atoms with Gasteiger partial charge >= 0.3 is 0 Å². The molecule has 10 nitrogen and oxygen atoms in total. The summed E-state index contributed by atoms with van der Waals surface area (Å²) in [7, 11) is 0. The van der Waals surface area contributed by atoms with Crippen molar-refractivity contribution < 1.29 is 9.53 Å². The van der Waals surface area contributed by atoms with E-state index in [1.54, 1.807) is 0 Å². The third-order valence-corrected chi connectivity index (χ3v) is 6.54. The third kappa shape index (κ3) is 4.16. The Balaban J connectivity index is 1.50. The van der Waals surface area contributed by atoms with Crippen LogP contribution in [0.25, 0.3) is 15.9 Å². The van der Waals surface area contributed by atoms with E-state index in [1.165, 1.54) is 22.3 Å². The van der Waals surface area contributed by atoms with Crippen molar-refractivity contribution in [2.24, 2.45) is 0 Å². The van der Waals surface area contributed by atoms with E-state index >= 15 is 0 Å². The van der Waals surface area contributed by atoms with E-state index in [2.05, 4.69) is 25.9 Å². The van der Waals surface area contributed by atoms with Gasteiger partial charge in [0, 0.05) is 4.88 Å². The molecule has 4 rings (SSSR count). The molecule has 0 radical (unpaired) electrons. The molecule has 3 heterocycles. The van der Waals surface area contributed by atoms with Gasteiger partial charge in [0.05, 0.1) is 17.7 Å². The van der Waals surface area contributed by atoms with Crippen molar-refractivity contribution in [3.8, 4) is 11.4 Å². The Hall–Kier alpha value is -3.25. The van der Waals surface area contributed by atoms with E-state index in [0.717, 1.165) is 26.9 Å². The molecule has 3 aromatic heterocycles. The van der Waals surface area contributed by atoms with E-state index < -0.39 is 0 Å². The minimum atomic E-state index is -0.384. The molecule has 31 heavy (non-hydrogen) atoms. The predicted molar refractivity (Wildman–Crippen MR) is 119 cm³/mol. The van der Waals surface area contributed by atoms with Gasteiger partial charge in [-0.3, -0.25) is 15.0 Å². The lowest BCUT2D eigenvalue weighted by molar-refractivity contribution is -0.114. The molecule has 0 saturated heterocycles. The first-order valence-corrected chi connectivity index (χ1v) is 11.2. The molecule has 0 bridgehead atoms. The summed E-state index contributed by atoms with van der Waals surface area (Å²) in [4.78, 5) is 31.2. The van der Waals surface area contributed by atoms with Crippen LogP contribution < -0.4 is 15.7 Å². The molecule has 4 aromatic rings. The number of rotatable bonds is 7. The molecular weight excluding hydrogens is 438 g/mol. The fraction of sp³-hybridized carbons (Fsp3) is 0.263. The van der Waals surface area contributed by atoms with E-state index in [-0.39, 0.29) is 17.2 Å². The molecular formula is C19H19N7O3S2. The quantitative estimate of drug-likeness (QED) is 0.420. The Bertz CT molecular complexity index is 1310. The first-order valence-electron chi connectivity index (χ1n) is 9.40. The summed E-state index contributed by atoms with van der Waals surface area (Å²) in [5.74, 6) is 0.255. The normalized spacial score (nSPS) is 11.1. The lowest BCUT2D eigenvalue weighted by atomic mass is 10.2. The van der Waals surface area contributed by atoms with Gasteiger partial charge in [-0.15, -0.1) is 16.4 Å². The second-order valence-electron chi connectivity index (χ2n) is 6.48.